The Hall–Kier alpha value is -0.730. The average Bonchev–Trinajstić information content (AvgIpc) is 2.27. The van der Waals surface area contributed by atoms with E-state index in [1.54, 1.807) is 0 Å². The third-order valence-corrected chi connectivity index (χ3v) is 4.34. The van der Waals surface area contributed by atoms with Crippen LogP contribution in [0.5, 0.6) is 0 Å². The highest BCUT2D eigenvalue weighted by atomic mass is 32.2. The van der Waals surface area contributed by atoms with Crippen LogP contribution in [0.3, 0.4) is 0 Å². The fourth-order valence-electron chi connectivity index (χ4n) is 2.63. The maximum atomic E-state index is 9.85. The van der Waals surface area contributed by atoms with E-state index in [1.165, 1.54) is 10.5 Å². The molecular formula is C16H22OS. The average molecular weight is 262 g/mol. The molecule has 0 amide bonds. The maximum absolute atomic E-state index is 9.85. The number of aliphatic hydroxyl groups excluding tert-OH is 1. The zero-order valence-electron chi connectivity index (χ0n) is 11.2. The van der Waals surface area contributed by atoms with Gasteiger partial charge in [-0.1, -0.05) is 43.7 Å². The Balaban J connectivity index is 1.83. The minimum Gasteiger partial charge on any atom is -0.389 e. The molecule has 1 aliphatic carbocycles. The van der Waals surface area contributed by atoms with E-state index in [9.17, 15) is 5.11 Å². The molecule has 1 aliphatic rings. The molecule has 0 saturated heterocycles. The summed E-state index contributed by atoms with van der Waals surface area (Å²) in [6, 6.07) is 10.5. The van der Waals surface area contributed by atoms with Gasteiger partial charge in [-0.2, -0.15) is 0 Å². The molecule has 1 unspecified atom stereocenters. The van der Waals surface area contributed by atoms with E-state index in [0.717, 1.165) is 25.0 Å². The van der Waals surface area contributed by atoms with Gasteiger partial charge in [0.05, 0.1) is 6.10 Å². The second-order valence-electron chi connectivity index (χ2n) is 5.85. The molecule has 0 aromatic heterocycles. The summed E-state index contributed by atoms with van der Waals surface area (Å²) in [6.07, 6.45) is 4.92. The molecule has 0 saturated carbocycles. The topological polar surface area (TPSA) is 20.2 Å². The lowest BCUT2D eigenvalue weighted by atomic mass is 9.75. The van der Waals surface area contributed by atoms with Crippen LogP contribution in [0, 0.1) is 5.41 Å². The Kier molecular flexibility index (Phi) is 4.52. The number of hydrogen-bond acceptors (Lipinski definition) is 2. The van der Waals surface area contributed by atoms with Gasteiger partial charge in [0.1, 0.15) is 0 Å². The molecule has 1 N–H and O–H groups in total. The Morgan fingerprint density at radius 3 is 2.67 bits per heavy atom. The van der Waals surface area contributed by atoms with Gasteiger partial charge < -0.3 is 5.11 Å². The second kappa shape index (κ2) is 5.94. The van der Waals surface area contributed by atoms with E-state index >= 15 is 0 Å². The molecule has 1 atom stereocenters. The lowest BCUT2D eigenvalue weighted by Crippen LogP contribution is -2.25. The van der Waals surface area contributed by atoms with E-state index in [-0.39, 0.29) is 11.5 Å². The van der Waals surface area contributed by atoms with Crippen molar-refractivity contribution in [2.75, 3.05) is 5.75 Å². The number of allylic oxidation sites excluding steroid dienone is 1. The molecule has 1 nitrogen and oxygen atoms in total. The first kappa shape index (κ1) is 13.7. The van der Waals surface area contributed by atoms with Gasteiger partial charge in [-0.05, 0) is 36.8 Å². The summed E-state index contributed by atoms with van der Waals surface area (Å²) in [5.41, 5.74) is 1.67. The van der Waals surface area contributed by atoms with Gasteiger partial charge in [0.15, 0.2) is 0 Å². The normalized spacial score (nSPS) is 22.6. The summed E-state index contributed by atoms with van der Waals surface area (Å²) in [5, 5.41) is 9.85. The van der Waals surface area contributed by atoms with Crippen LogP contribution < -0.4 is 0 Å². The number of benzene rings is 1. The molecule has 2 rings (SSSR count). The van der Waals surface area contributed by atoms with Crippen LogP contribution in [0.15, 0.2) is 46.9 Å². The molecule has 98 valence electrons. The van der Waals surface area contributed by atoms with Crippen molar-refractivity contribution in [1.29, 1.82) is 0 Å². The molecular weight excluding hydrogens is 240 g/mol. The molecule has 0 aliphatic heterocycles. The first-order chi connectivity index (χ1) is 8.55. The van der Waals surface area contributed by atoms with Crippen LogP contribution in [0.4, 0.5) is 0 Å². The Bertz CT molecular complexity index is 408. The SMILES string of the molecule is CC1(C)CC(CCSc2ccccc2)=CC(O)C1. The smallest absolute Gasteiger partial charge is 0.0728 e. The molecule has 1 aromatic rings. The third-order valence-electron chi connectivity index (χ3n) is 3.33. The molecule has 0 fully saturated rings. The first-order valence-electron chi connectivity index (χ1n) is 6.61. The predicted octanol–water partition coefficient (Wildman–Crippen LogP) is 4.28. The largest absolute Gasteiger partial charge is 0.389 e. The highest BCUT2D eigenvalue weighted by Crippen LogP contribution is 2.37. The number of aliphatic hydroxyl groups is 1. The first-order valence-corrected chi connectivity index (χ1v) is 7.59. The van der Waals surface area contributed by atoms with Crippen molar-refractivity contribution in [2.24, 2.45) is 5.41 Å². The van der Waals surface area contributed by atoms with Gasteiger partial charge in [0, 0.05) is 10.6 Å². The molecule has 0 heterocycles. The van der Waals surface area contributed by atoms with E-state index in [0.29, 0.717) is 0 Å². The van der Waals surface area contributed by atoms with Crippen molar-refractivity contribution < 1.29 is 5.11 Å². The highest BCUT2D eigenvalue weighted by molar-refractivity contribution is 7.99. The second-order valence-corrected chi connectivity index (χ2v) is 7.02. The monoisotopic (exact) mass is 262 g/mol. The Labute approximate surface area is 114 Å². The lowest BCUT2D eigenvalue weighted by molar-refractivity contribution is 0.138. The van der Waals surface area contributed by atoms with E-state index < -0.39 is 0 Å². The van der Waals surface area contributed by atoms with Crippen molar-refractivity contribution in [3.63, 3.8) is 0 Å². The standard InChI is InChI=1S/C16H22OS/c1-16(2)11-13(10-14(17)12-16)8-9-18-15-6-4-3-5-7-15/h3-7,10,14,17H,8-9,11-12H2,1-2H3. The van der Waals surface area contributed by atoms with Crippen LogP contribution in [0.1, 0.15) is 33.1 Å². The van der Waals surface area contributed by atoms with Gasteiger partial charge in [-0.15, -0.1) is 11.8 Å². The number of rotatable bonds is 4. The molecule has 0 radical (unpaired) electrons. The van der Waals surface area contributed by atoms with E-state index in [4.69, 9.17) is 0 Å². The summed E-state index contributed by atoms with van der Waals surface area (Å²) in [5.74, 6) is 1.10. The van der Waals surface area contributed by atoms with Crippen LogP contribution in [0.2, 0.25) is 0 Å². The van der Waals surface area contributed by atoms with E-state index in [2.05, 4.69) is 44.2 Å². The minimum absolute atomic E-state index is 0.245. The molecule has 18 heavy (non-hydrogen) atoms. The van der Waals surface area contributed by atoms with Crippen molar-refractivity contribution in [1.82, 2.24) is 0 Å². The fourth-order valence-corrected chi connectivity index (χ4v) is 3.58. The molecule has 2 heteroatoms. The predicted molar refractivity (Wildman–Crippen MR) is 78.9 cm³/mol. The Morgan fingerprint density at radius 1 is 1.28 bits per heavy atom. The zero-order valence-corrected chi connectivity index (χ0v) is 12.0. The van der Waals surface area contributed by atoms with Crippen LogP contribution >= 0.6 is 11.8 Å². The van der Waals surface area contributed by atoms with Crippen LogP contribution in [0.25, 0.3) is 0 Å². The summed E-state index contributed by atoms with van der Waals surface area (Å²) < 4.78 is 0. The van der Waals surface area contributed by atoms with Crippen molar-refractivity contribution in [3.05, 3.63) is 42.0 Å². The van der Waals surface area contributed by atoms with Gasteiger partial charge >= 0.3 is 0 Å². The van der Waals surface area contributed by atoms with Crippen molar-refractivity contribution in [2.45, 2.75) is 44.1 Å². The number of thioether (sulfide) groups is 1. The van der Waals surface area contributed by atoms with Gasteiger partial charge in [-0.3, -0.25) is 0 Å². The summed E-state index contributed by atoms with van der Waals surface area (Å²) in [7, 11) is 0. The van der Waals surface area contributed by atoms with Gasteiger partial charge in [-0.25, -0.2) is 0 Å². The van der Waals surface area contributed by atoms with Crippen LogP contribution in [-0.4, -0.2) is 17.0 Å². The maximum Gasteiger partial charge on any atom is 0.0728 e. The quantitative estimate of drug-likeness (QED) is 0.645. The van der Waals surface area contributed by atoms with Gasteiger partial charge in [0.2, 0.25) is 0 Å². The minimum atomic E-state index is -0.245. The lowest BCUT2D eigenvalue weighted by Gasteiger charge is -2.32. The van der Waals surface area contributed by atoms with E-state index in [1.807, 2.05) is 17.8 Å². The molecule has 0 bridgehead atoms. The zero-order chi connectivity index (χ0) is 13.0. The molecule has 0 spiro atoms. The summed E-state index contributed by atoms with van der Waals surface area (Å²) in [6.45, 7) is 4.49. The van der Waals surface area contributed by atoms with Crippen molar-refractivity contribution in [3.8, 4) is 0 Å². The highest BCUT2D eigenvalue weighted by Gasteiger charge is 2.27. The number of hydrogen-bond donors (Lipinski definition) is 1. The van der Waals surface area contributed by atoms with Crippen molar-refractivity contribution >= 4 is 11.8 Å². The third kappa shape index (κ3) is 4.18. The van der Waals surface area contributed by atoms with Crippen LogP contribution in [-0.2, 0) is 0 Å². The summed E-state index contributed by atoms with van der Waals surface area (Å²) >= 11 is 1.89. The Morgan fingerprint density at radius 2 is 2.00 bits per heavy atom. The molecule has 1 aromatic carbocycles. The fraction of sp³-hybridized carbons (Fsp3) is 0.500. The summed E-state index contributed by atoms with van der Waals surface area (Å²) in [4.78, 5) is 1.33. The van der Waals surface area contributed by atoms with Gasteiger partial charge in [0.25, 0.3) is 0 Å².